The van der Waals surface area contributed by atoms with Gasteiger partial charge in [0.1, 0.15) is 5.82 Å². The largest absolute Gasteiger partial charge is 0.481 e. The fourth-order valence-corrected chi connectivity index (χ4v) is 1.44. The number of rotatable bonds is 4. The van der Waals surface area contributed by atoms with Crippen LogP contribution in [0.15, 0.2) is 18.2 Å². The summed E-state index contributed by atoms with van der Waals surface area (Å²) in [5.74, 6) is -3.18. The summed E-state index contributed by atoms with van der Waals surface area (Å²) in [5.41, 5.74) is 0.379. The van der Waals surface area contributed by atoms with Gasteiger partial charge in [-0.05, 0) is 24.1 Å². The maximum atomic E-state index is 12.9. The van der Waals surface area contributed by atoms with Crippen LogP contribution in [0.3, 0.4) is 0 Å². The Labute approximate surface area is 90.7 Å². The molecule has 16 heavy (non-hydrogen) atoms. The van der Waals surface area contributed by atoms with E-state index in [9.17, 15) is 18.0 Å². The lowest BCUT2D eigenvalue weighted by atomic mass is 9.95. The quantitative estimate of drug-likeness (QED) is 0.866. The molecule has 1 N–H and O–H groups in total. The van der Waals surface area contributed by atoms with Gasteiger partial charge in [0, 0.05) is 0 Å². The van der Waals surface area contributed by atoms with Crippen molar-refractivity contribution in [3.63, 3.8) is 0 Å². The molecule has 2 nitrogen and oxygen atoms in total. The van der Waals surface area contributed by atoms with Gasteiger partial charge in [-0.25, -0.2) is 13.2 Å². The Hall–Kier alpha value is -1.52. The average molecular weight is 232 g/mol. The smallest absolute Gasteiger partial charge is 0.304 e. The van der Waals surface area contributed by atoms with Crippen LogP contribution in [0, 0.1) is 12.7 Å². The first kappa shape index (κ1) is 12.5. The van der Waals surface area contributed by atoms with Crippen molar-refractivity contribution in [1.82, 2.24) is 0 Å². The highest BCUT2D eigenvalue weighted by Gasteiger charge is 2.25. The lowest BCUT2D eigenvalue weighted by molar-refractivity contribution is -0.138. The Kier molecular flexibility index (Phi) is 3.93. The summed E-state index contributed by atoms with van der Waals surface area (Å²) in [4.78, 5) is 10.4. The van der Waals surface area contributed by atoms with Crippen LogP contribution in [-0.4, -0.2) is 17.5 Å². The zero-order valence-electron chi connectivity index (χ0n) is 8.58. The Morgan fingerprint density at radius 1 is 1.44 bits per heavy atom. The van der Waals surface area contributed by atoms with E-state index >= 15 is 0 Å². The third kappa shape index (κ3) is 2.98. The summed E-state index contributed by atoms with van der Waals surface area (Å²) >= 11 is 0. The Balaban J connectivity index is 3.01. The van der Waals surface area contributed by atoms with E-state index in [1.807, 2.05) is 0 Å². The summed E-state index contributed by atoms with van der Waals surface area (Å²) in [6.07, 6.45) is -3.44. The summed E-state index contributed by atoms with van der Waals surface area (Å²) < 4.78 is 38.2. The Bertz CT molecular complexity index is 391. The molecule has 1 unspecified atom stereocenters. The van der Waals surface area contributed by atoms with Crippen molar-refractivity contribution in [3.05, 3.63) is 35.1 Å². The molecule has 1 atom stereocenters. The van der Waals surface area contributed by atoms with E-state index in [1.54, 1.807) is 0 Å². The number of aliphatic carboxylic acids is 1. The molecular weight excluding hydrogens is 221 g/mol. The minimum Gasteiger partial charge on any atom is -0.481 e. The topological polar surface area (TPSA) is 37.3 Å². The number of carboxylic acid groups (broad SMARTS) is 1. The molecule has 0 heterocycles. The number of carbonyl (C=O) groups is 1. The number of alkyl halides is 2. The fourth-order valence-electron chi connectivity index (χ4n) is 1.44. The van der Waals surface area contributed by atoms with Crippen molar-refractivity contribution < 1.29 is 23.1 Å². The Morgan fingerprint density at radius 3 is 2.50 bits per heavy atom. The predicted octanol–water partition coefficient (Wildman–Crippen LogP) is 2.96. The maximum absolute atomic E-state index is 12.9. The number of aryl methyl sites for hydroxylation is 1. The van der Waals surface area contributed by atoms with Crippen molar-refractivity contribution in [2.24, 2.45) is 0 Å². The van der Waals surface area contributed by atoms with Gasteiger partial charge in [0.2, 0.25) is 6.43 Å². The van der Waals surface area contributed by atoms with Crippen molar-refractivity contribution in [2.45, 2.75) is 25.7 Å². The molecule has 0 fully saturated rings. The molecule has 1 aromatic carbocycles. The molecule has 0 amide bonds. The van der Waals surface area contributed by atoms with E-state index in [1.165, 1.54) is 19.1 Å². The van der Waals surface area contributed by atoms with Gasteiger partial charge >= 0.3 is 5.97 Å². The van der Waals surface area contributed by atoms with Crippen LogP contribution in [0.1, 0.15) is 23.5 Å². The van der Waals surface area contributed by atoms with Crippen LogP contribution in [-0.2, 0) is 4.79 Å². The summed E-state index contributed by atoms with van der Waals surface area (Å²) in [6.45, 7) is 1.45. The highest BCUT2D eigenvalue weighted by atomic mass is 19.3. The van der Waals surface area contributed by atoms with Crippen LogP contribution >= 0.6 is 0 Å². The standard InChI is InChI=1S/C11H11F3O2/c1-6-4-7(2-3-9(6)12)8(11(13)14)5-10(15)16/h2-4,8,11H,5H2,1H3,(H,15,16). The van der Waals surface area contributed by atoms with E-state index in [2.05, 4.69) is 0 Å². The van der Waals surface area contributed by atoms with Gasteiger partial charge in [0.05, 0.1) is 12.3 Å². The third-order valence-corrected chi connectivity index (χ3v) is 2.31. The lowest BCUT2D eigenvalue weighted by Crippen LogP contribution is -2.14. The number of halogens is 3. The highest BCUT2D eigenvalue weighted by molar-refractivity contribution is 5.68. The third-order valence-electron chi connectivity index (χ3n) is 2.31. The van der Waals surface area contributed by atoms with Gasteiger partial charge in [-0.3, -0.25) is 4.79 Å². The van der Waals surface area contributed by atoms with Gasteiger partial charge in [0.25, 0.3) is 0 Å². The number of carboxylic acids is 1. The molecule has 1 aromatic rings. The van der Waals surface area contributed by atoms with Gasteiger partial charge in [-0.15, -0.1) is 0 Å². The van der Waals surface area contributed by atoms with Crippen molar-refractivity contribution in [1.29, 1.82) is 0 Å². The Morgan fingerprint density at radius 2 is 2.06 bits per heavy atom. The van der Waals surface area contributed by atoms with Gasteiger partial charge < -0.3 is 5.11 Å². The fraction of sp³-hybridized carbons (Fsp3) is 0.364. The molecule has 0 saturated heterocycles. The van der Waals surface area contributed by atoms with Crippen LogP contribution in [0.4, 0.5) is 13.2 Å². The summed E-state index contributed by atoms with van der Waals surface area (Å²) in [5, 5.41) is 8.51. The van der Waals surface area contributed by atoms with Gasteiger partial charge in [-0.1, -0.05) is 12.1 Å². The van der Waals surface area contributed by atoms with Crippen LogP contribution in [0.25, 0.3) is 0 Å². The molecule has 0 bridgehead atoms. The molecule has 0 spiro atoms. The normalized spacial score (nSPS) is 12.8. The van der Waals surface area contributed by atoms with Crippen molar-refractivity contribution >= 4 is 5.97 Å². The van der Waals surface area contributed by atoms with Gasteiger partial charge in [0.15, 0.2) is 0 Å². The monoisotopic (exact) mass is 232 g/mol. The minimum absolute atomic E-state index is 0.149. The van der Waals surface area contributed by atoms with Crippen molar-refractivity contribution in [2.75, 3.05) is 0 Å². The van der Waals surface area contributed by atoms with Crippen LogP contribution in [0.2, 0.25) is 0 Å². The molecule has 1 rings (SSSR count). The highest BCUT2D eigenvalue weighted by Crippen LogP contribution is 2.28. The second kappa shape index (κ2) is 5.01. The molecule has 0 radical (unpaired) electrons. The van der Waals surface area contributed by atoms with Gasteiger partial charge in [-0.2, -0.15) is 0 Å². The molecule has 0 aliphatic heterocycles. The van der Waals surface area contributed by atoms with Crippen LogP contribution < -0.4 is 0 Å². The first-order valence-electron chi connectivity index (χ1n) is 4.67. The number of hydrogen-bond acceptors (Lipinski definition) is 1. The van der Waals surface area contributed by atoms with E-state index in [0.29, 0.717) is 0 Å². The summed E-state index contributed by atoms with van der Waals surface area (Å²) in [6, 6.07) is 3.53. The zero-order chi connectivity index (χ0) is 12.3. The van der Waals surface area contributed by atoms with E-state index < -0.39 is 30.6 Å². The molecule has 0 aromatic heterocycles. The van der Waals surface area contributed by atoms with E-state index in [0.717, 1.165) is 6.07 Å². The van der Waals surface area contributed by atoms with E-state index in [-0.39, 0.29) is 11.1 Å². The first-order valence-corrected chi connectivity index (χ1v) is 4.67. The maximum Gasteiger partial charge on any atom is 0.304 e. The second-order valence-electron chi connectivity index (χ2n) is 3.55. The molecule has 88 valence electrons. The average Bonchev–Trinajstić information content (AvgIpc) is 2.18. The van der Waals surface area contributed by atoms with E-state index in [4.69, 9.17) is 5.11 Å². The SMILES string of the molecule is Cc1cc(C(CC(=O)O)C(F)F)ccc1F. The number of benzene rings is 1. The van der Waals surface area contributed by atoms with Crippen molar-refractivity contribution in [3.8, 4) is 0 Å². The van der Waals surface area contributed by atoms with Crippen LogP contribution in [0.5, 0.6) is 0 Å². The molecule has 5 heteroatoms. The lowest BCUT2D eigenvalue weighted by Gasteiger charge is -2.14. The zero-order valence-corrected chi connectivity index (χ0v) is 8.58. The molecule has 0 aliphatic rings. The summed E-state index contributed by atoms with van der Waals surface area (Å²) in [7, 11) is 0. The predicted molar refractivity (Wildman–Crippen MR) is 52.1 cm³/mol. The number of hydrogen-bond donors (Lipinski definition) is 1. The molecular formula is C11H11F3O2. The molecule has 0 aliphatic carbocycles. The first-order chi connectivity index (χ1) is 7.41. The molecule has 0 saturated carbocycles. The second-order valence-corrected chi connectivity index (χ2v) is 3.55. The minimum atomic E-state index is -2.78.